The number of carbonyl (C=O) groups excluding carboxylic acids is 2. The number of nitrogens with zero attached hydrogens (tertiary/aromatic N) is 3. The Kier molecular flexibility index (Phi) is 47.1. The zero-order valence-corrected chi connectivity index (χ0v) is 42.4. The normalized spacial score (nSPS) is 12.1. The molecule has 0 N–H and O–H groups in total. The number of unbranched alkanes of at least 4 members (excludes halogenated alkanes) is 26. The highest BCUT2D eigenvalue weighted by molar-refractivity contribution is 5.72. The summed E-state index contributed by atoms with van der Waals surface area (Å²) in [5.74, 6) is 0.174. The van der Waals surface area contributed by atoms with E-state index in [0.29, 0.717) is 13.2 Å². The molecule has 0 radical (unpaired) electrons. The second-order valence-corrected chi connectivity index (χ2v) is 18.7. The van der Waals surface area contributed by atoms with E-state index >= 15 is 0 Å². The van der Waals surface area contributed by atoms with Crippen LogP contribution in [-0.2, 0) is 14.3 Å². The van der Waals surface area contributed by atoms with Crippen molar-refractivity contribution in [3.63, 3.8) is 0 Å². The molecule has 7 nitrogen and oxygen atoms in total. The summed E-state index contributed by atoms with van der Waals surface area (Å²) in [6, 6.07) is 0. The molecule has 1 unspecified atom stereocenters. The number of carbonyl (C=O) groups is 2. The standard InChI is InChI=1S/C54H109N3O4/c1-7-13-17-21-24-33-43-52(42-32-20-16-10-4)53(58)60-50-40-29-27-34-45-56(47-37-31-36-44-55(11-5)12-6)46-35-28-30-41-51-61-54(59)57(48-38-25-22-18-14-8-2)49-39-26-23-19-15-9-3/h52H,7-51H2,1-6H3. The molecule has 0 heterocycles. The SMILES string of the molecule is CCCCCCCCC(CCCCCC)C(=O)OCCCCCCN(CCCCCCOC(=O)N(CCCCCCCC)CCCCCCCC)CCCCCN(CC)CC. The molecule has 0 aliphatic heterocycles. The minimum Gasteiger partial charge on any atom is -0.465 e. The lowest BCUT2D eigenvalue weighted by Crippen LogP contribution is -2.33. The molecule has 0 spiro atoms. The van der Waals surface area contributed by atoms with Gasteiger partial charge in [0.1, 0.15) is 0 Å². The predicted octanol–water partition coefficient (Wildman–Crippen LogP) is 16.0. The van der Waals surface area contributed by atoms with Gasteiger partial charge in [0.15, 0.2) is 0 Å². The van der Waals surface area contributed by atoms with E-state index in [1.54, 1.807) is 0 Å². The van der Waals surface area contributed by atoms with Crippen molar-refractivity contribution >= 4 is 12.1 Å². The fourth-order valence-corrected chi connectivity index (χ4v) is 8.68. The number of hydrogen-bond donors (Lipinski definition) is 0. The molecule has 1 amide bonds. The summed E-state index contributed by atoms with van der Waals surface area (Å²) in [6.07, 6.45) is 42.3. The van der Waals surface area contributed by atoms with Crippen LogP contribution < -0.4 is 0 Å². The zero-order chi connectivity index (χ0) is 44.7. The lowest BCUT2D eigenvalue weighted by molar-refractivity contribution is -0.149. The largest absolute Gasteiger partial charge is 0.465 e. The third kappa shape index (κ3) is 39.9. The van der Waals surface area contributed by atoms with E-state index in [9.17, 15) is 9.59 Å². The molecule has 0 aliphatic carbocycles. The van der Waals surface area contributed by atoms with Gasteiger partial charge in [-0.15, -0.1) is 0 Å². The average Bonchev–Trinajstić information content (AvgIpc) is 3.27. The second kappa shape index (κ2) is 48.1. The topological polar surface area (TPSA) is 62.3 Å². The van der Waals surface area contributed by atoms with Crippen LogP contribution in [0.1, 0.15) is 266 Å². The number of esters is 1. The number of ether oxygens (including phenoxy) is 2. The van der Waals surface area contributed by atoms with Crippen LogP contribution in [0.4, 0.5) is 4.79 Å². The molecule has 1 atom stereocenters. The van der Waals surface area contributed by atoms with Crippen LogP contribution in [-0.4, -0.2) is 92.3 Å². The summed E-state index contributed by atoms with van der Waals surface area (Å²) in [5, 5.41) is 0. The monoisotopic (exact) mass is 864 g/mol. The van der Waals surface area contributed by atoms with Gasteiger partial charge in [-0.2, -0.15) is 0 Å². The fraction of sp³-hybridized carbons (Fsp3) is 0.963. The molecule has 0 rings (SSSR count). The molecule has 0 fully saturated rings. The van der Waals surface area contributed by atoms with Gasteiger partial charge in [0.05, 0.1) is 19.1 Å². The number of hydrogen-bond acceptors (Lipinski definition) is 6. The van der Waals surface area contributed by atoms with E-state index < -0.39 is 0 Å². The van der Waals surface area contributed by atoms with Gasteiger partial charge in [-0.1, -0.05) is 202 Å². The Hall–Kier alpha value is -1.34. The van der Waals surface area contributed by atoms with E-state index in [0.717, 1.165) is 96.9 Å². The Morgan fingerprint density at radius 3 is 1.08 bits per heavy atom. The summed E-state index contributed by atoms with van der Waals surface area (Å²) >= 11 is 0. The molecular weight excluding hydrogens is 755 g/mol. The summed E-state index contributed by atoms with van der Waals surface area (Å²) < 4.78 is 11.7. The smallest absolute Gasteiger partial charge is 0.409 e. The van der Waals surface area contributed by atoms with Crippen molar-refractivity contribution in [2.45, 2.75) is 266 Å². The molecule has 0 aliphatic rings. The highest BCUT2D eigenvalue weighted by Gasteiger charge is 2.19. The Balaban J connectivity index is 4.69. The minimum absolute atomic E-state index is 0.0735. The number of amides is 1. The van der Waals surface area contributed by atoms with E-state index in [1.165, 1.54) is 180 Å². The molecular formula is C54H109N3O4. The van der Waals surface area contributed by atoms with E-state index in [1.807, 2.05) is 4.90 Å². The molecule has 0 aromatic rings. The summed E-state index contributed by atoms with van der Waals surface area (Å²) in [4.78, 5) is 33.5. The maximum absolute atomic E-state index is 13.1. The maximum Gasteiger partial charge on any atom is 0.409 e. The average molecular weight is 864 g/mol. The second-order valence-electron chi connectivity index (χ2n) is 18.7. The van der Waals surface area contributed by atoms with Crippen molar-refractivity contribution in [2.24, 2.45) is 5.92 Å². The summed E-state index contributed by atoms with van der Waals surface area (Å²) in [5.41, 5.74) is 0. The molecule has 0 saturated heterocycles. The summed E-state index contributed by atoms with van der Waals surface area (Å²) in [6.45, 7) is 23.4. The van der Waals surface area contributed by atoms with Crippen LogP contribution >= 0.6 is 0 Å². The first-order valence-corrected chi connectivity index (χ1v) is 27.5. The van der Waals surface area contributed by atoms with Gasteiger partial charge in [0, 0.05) is 13.1 Å². The zero-order valence-electron chi connectivity index (χ0n) is 42.4. The van der Waals surface area contributed by atoms with Crippen LogP contribution in [0.15, 0.2) is 0 Å². The molecule has 61 heavy (non-hydrogen) atoms. The highest BCUT2D eigenvalue weighted by Crippen LogP contribution is 2.21. The Morgan fingerprint density at radius 2 is 0.656 bits per heavy atom. The lowest BCUT2D eigenvalue weighted by atomic mass is 9.94. The van der Waals surface area contributed by atoms with Crippen molar-refractivity contribution < 1.29 is 19.1 Å². The highest BCUT2D eigenvalue weighted by atomic mass is 16.6. The van der Waals surface area contributed by atoms with Crippen molar-refractivity contribution in [1.29, 1.82) is 0 Å². The van der Waals surface area contributed by atoms with Gasteiger partial charge < -0.3 is 24.2 Å². The van der Waals surface area contributed by atoms with Crippen LogP contribution in [0.5, 0.6) is 0 Å². The van der Waals surface area contributed by atoms with Gasteiger partial charge in [0.2, 0.25) is 0 Å². The predicted molar refractivity (Wildman–Crippen MR) is 266 cm³/mol. The van der Waals surface area contributed by atoms with Crippen LogP contribution in [0.3, 0.4) is 0 Å². The third-order valence-corrected chi connectivity index (χ3v) is 13.0. The summed E-state index contributed by atoms with van der Waals surface area (Å²) in [7, 11) is 0. The van der Waals surface area contributed by atoms with Crippen LogP contribution in [0.25, 0.3) is 0 Å². The maximum atomic E-state index is 13.1. The van der Waals surface area contributed by atoms with Gasteiger partial charge in [-0.05, 0) is 103 Å². The minimum atomic E-state index is -0.0852. The molecule has 0 aromatic heterocycles. The van der Waals surface area contributed by atoms with Gasteiger partial charge in [0.25, 0.3) is 0 Å². The van der Waals surface area contributed by atoms with E-state index in [4.69, 9.17) is 9.47 Å². The Bertz CT molecular complexity index is 884. The molecule has 0 aromatic carbocycles. The van der Waals surface area contributed by atoms with Gasteiger partial charge >= 0.3 is 12.1 Å². The number of rotatable bonds is 49. The fourth-order valence-electron chi connectivity index (χ4n) is 8.68. The van der Waals surface area contributed by atoms with Crippen molar-refractivity contribution in [3.8, 4) is 0 Å². The van der Waals surface area contributed by atoms with Gasteiger partial charge in [-0.25, -0.2) is 4.79 Å². The first kappa shape index (κ1) is 59.7. The molecule has 0 bridgehead atoms. The van der Waals surface area contributed by atoms with Crippen LogP contribution in [0.2, 0.25) is 0 Å². The quantitative estimate of drug-likeness (QED) is 0.0448. The molecule has 7 heteroatoms. The Morgan fingerprint density at radius 1 is 0.344 bits per heavy atom. The Labute approximate surface area is 382 Å². The third-order valence-electron chi connectivity index (χ3n) is 13.0. The lowest BCUT2D eigenvalue weighted by Gasteiger charge is -2.23. The molecule has 0 saturated carbocycles. The van der Waals surface area contributed by atoms with Crippen molar-refractivity contribution in [1.82, 2.24) is 14.7 Å². The van der Waals surface area contributed by atoms with Crippen molar-refractivity contribution in [2.75, 3.05) is 65.6 Å². The first-order chi connectivity index (χ1) is 30.0. The molecule has 364 valence electrons. The first-order valence-electron chi connectivity index (χ1n) is 27.5. The van der Waals surface area contributed by atoms with E-state index in [2.05, 4.69) is 51.3 Å². The van der Waals surface area contributed by atoms with Crippen molar-refractivity contribution in [3.05, 3.63) is 0 Å². The van der Waals surface area contributed by atoms with Gasteiger partial charge in [-0.3, -0.25) is 4.79 Å². The van der Waals surface area contributed by atoms with Crippen LogP contribution in [0, 0.1) is 5.92 Å². The van der Waals surface area contributed by atoms with E-state index in [-0.39, 0.29) is 18.0 Å².